The number of carbonyl (C=O) groups excluding carboxylic acids is 4. The lowest BCUT2D eigenvalue weighted by molar-refractivity contribution is -0.146. The average Bonchev–Trinajstić information content (AvgIpc) is 3.74. The Morgan fingerprint density at radius 2 is 1.89 bits per heavy atom. The summed E-state index contributed by atoms with van der Waals surface area (Å²) < 4.78 is 17.4. The summed E-state index contributed by atoms with van der Waals surface area (Å²) >= 11 is 0. The summed E-state index contributed by atoms with van der Waals surface area (Å²) in [5, 5.41) is 12.7. The Kier molecular flexibility index (Phi) is 10.8. The fourth-order valence-corrected chi connectivity index (χ4v) is 7.22. The minimum Gasteiger partial charge on any atom is -0.497 e. The van der Waals surface area contributed by atoms with Crippen LogP contribution >= 0.6 is 0 Å². The molecule has 6 atom stereocenters. The molecule has 3 amide bonds. The fourth-order valence-electron chi connectivity index (χ4n) is 7.22. The van der Waals surface area contributed by atoms with Crippen LogP contribution in [0, 0.1) is 11.8 Å². The number of nitrogens with zero attached hydrogens (tertiary/aromatic N) is 2. The number of allylic oxidation sites excluding steroid dienone is 1. The number of hydrogen-bond donors (Lipinski definition) is 2. The number of nitrogens with one attached hydrogen (secondary N) is 1. The van der Waals surface area contributed by atoms with Gasteiger partial charge in [-0.1, -0.05) is 42.5 Å². The summed E-state index contributed by atoms with van der Waals surface area (Å²) in [7, 11) is 1.56. The van der Waals surface area contributed by atoms with Gasteiger partial charge in [-0.15, -0.1) is 13.2 Å². The lowest BCUT2D eigenvalue weighted by Crippen LogP contribution is -2.56. The second-order valence-electron chi connectivity index (χ2n) is 12.1. The molecule has 0 unspecified atom stereocenters. The molecule has 3 saturated heterocycles. The number of rotatable bonds is 16. The van der Waals surface area contributed by atoms with Crippen LogP contribution in [0.3, 0.4) is 0 Å². The first-order chi connectivity index (χ1) is 22.8. The molecule has 0 aromatic heterocycles. The van der Waals surface area contributed by atoms with E-state index in [1.165, 1.54) is 4.90 Å². The van der Waals surface area contributed by atoms with Crippen molar-refractivity contribution in [2.45, 2.75) is 55.9 Å². The van der Waals surface area contributed by atoms with Crippen molar-refractivity contribution >= 4 is 29.4 Å². The minimum absolute atomic E-state index is 0.0875. The van der Waals surface area contributed by atoms with Gasteiger partial charge in [0.15, 0.2) is 0 Å². The van der Waals surface area contributed by atoms with Gasteiger partial charge in [-0.2, -0.15) is 0 Å². The van der Waals surface area contributed by atoms with Crippen LogP contribution in [0.25, 0.3) is 0 Å². The molecule has 11 nitrogen and oxygen atoms in total. The van der Waals surface area contributed by atoms with E-state index in [9.17, 15) is 24.3 Å². The predicted octanol–water partition coefficient (Wildman–Crippen LogP) is 3.34. The van der Waals surface area contributed by atoms with Crippen LogP contribution < -0.4 is 15.0 Å². The number of methoxy groups -OCH3 is 1. The van der Waals surface area contributed by atoms with Crippen molar-refractivity contribution in [2.75, 3.05) is 38.3 Å². The third-order valence-electron chi connectivity index (χ3n) is 9.34. The van der Waals surface area contributed by atoms with Crippen LogP contribution in [0.1, 0.15) is 43.7 Å². The molecular weight excluding hydrogens is 602 g/mol. The molecule has 2 N–H and O–H groups in total. The zero-order chi connectivity index (χ0) is 33.6. The van der Waals surface area contributed by atoms with Gasteiger partial charge in [0.1, 0.15) is 24.0 Å². The zero-order valence-electron chi connectivity index (χ0n) is 26.7. The number of benzene rings is 2. The van der Waals surface area contributed by atoms with Gasteiger partial charge in [-0.05, 0) is 55.5 Å². The van der Waals surface area contributed by atoms with E-state index < -0.39 is 47.5 Å². The van der Waals surface area contributed by atoms with Crippen molar-refractivity contribution in [3.63, 3.8) is 0 Å². The number of esters is 1. The number of hydrogen-bond acceptors (Lipinski definition) is 8. The highest BCUT2D eigenvalue weighted by Gasteiger charge is 2.74. The van der Waals surface area contributed by atoms with Gasteiger partial charge in [0.05, 0.1) is 31.1 Å². The molecule has 11 heteroatoms. The van der Waals surface area contributed by atoms with Gasteiger partial charge in [-0.25, -0.2) is 0 Å². The molecule has 250 valence electrons. The highest BCUT2D eigenvalue weighted by atomic mass is 16.5. The molecule has 1 spiro atoms. The molecule has 3 heterocycles. The molecular formula is C36H43N3O8. The Labute approximate surface area is 275 Å². The molecule has 0 saturated carbocycles. The quantitative estimate of drug-likeness (QED) is 0.210. The highest BCUT2D eigenvalue weighted by molar-refractivity contribution is 6.05. The van der Waals surface area contributed by atoms with Crippen LogP contribution in [-0.4, -0.2) is 84.9 Å². The van der Waals surface area contributed by atoms with Crippen molar-refractivity contribution in [1.82, 2.24) is 10.2 Å². The first-order valence-corrected chi connectivity index (χ1v) is 16.1. The van der Waals surface area contributed by atoms with E-state index in [1.807, 2.05) is 30.3 Å². The zero-order valence-corrected chi connectivity index (χ0v) is 26.7. The van der Waals surface area contributed by atoms with E-state index in [0.29, 0.717) is 30.7 Å². The lowest BCUT2D eigenvalue weighted by atomic mass is 9.70. The summed E-state index contributed by atoms with van der Waals surface area (Å²) in [6.07, 6.45) is 4.52. The number of likely N-dealkylation sites (tertiary alicyclic amines) is 1. The maximum absolute atomic E-state index is 14.6. The molecule has 0 radical (unpaired) electrons. The minimum atomic E-state index is -1.22. The van der Waals surface area contributed by atoms with Crippen LogP contribution in [0.4, 0.5) is 5.69 Å². The van der Waals surface area contributed by atoms with E-state index in [0.717, 1.165) is 5.56 Å². The van der Waals surface area contributed by atoms with Gasteiger partial charge in [0.2, 0.25) is 11.8 Å². The number of anilines is 1. The topological polar surface area (TPSA) is 135 Å². The second kappa shape index (κ2) is 15.0. The first kappa shape index (κ1) is 33.9. The van der Waals surface area contributed by atoms with Crippen LogP contribution in [0.15, 0.2) is 79.9 Å². The molecule has 5 rings (SSSR count). The Balaban J connectivity index is 1.44. The van der Waals surface area contributed by atoms with Crippen molar-refractivity contribution in [1.29, 1.82) is 0 Å². The Morgan fingerprint density at radius 1 is 1.15 bits per heavy atom. The van der Waals surface area contributed by atoms with Gasteiger partial charge in [0, 0.05) is 31.8 Å². The molecule has 3 aliphatic rings. The highest BCUT2D eigenvalue weighted by Crippen LogP contribution is 2.58. The van der Waals surface area contributed by atoms with Crippen LogP contribution in [0.5, 0.6) is 5.75 Å². The largest absolute Gasteiger partial charge is 0.497 e. The van der Waals surface area contributed by atoms with E-state index in [-0.39, 0.29) is 51.0 Å². The number of carbonyl (C=O) groups is 4. The van der Waals surface area contributed by atoms with E-state index in [1.54, 1.807) is 48.4 Å². The molecule has 2 bridgehead atoms. The van der Waals surface area contributed by atoms with Gasteiger partial charge < -0.3 is 34.4 Å². The number of ether oxygens (including phenoxy) is 3. The van der Waals surface area contributed by atoms with E-state index in [4.69, 9.17) is 14.2 Å². The summed E-state index contributed by atoms with van der Waals surface area (Å²) in [5.74, 6) is -2.64. The molecule has 47 heavy (non-hydrogen) atoms. The van der Waals surface area contributed by atoms with Gasteiger partial charge in [-0.3, -0.25) is 19.2 Å². The van der Waals surface area contributed by atoms with Gasteiger partial charge >= 0.3 is 5.97 Å². The standard InChI is InChI=1S/C36H43N3O8/c1-4-6-13-29(41)46-23-27(24-11-8-7-9-12-24)37-33(42)30-28-18-19-36(47-28)31(30)34(43)39(21-10-22-40)32(36)35(44)38(20-5-2)25-14-16-26(45-3)17-15-25/h4-5,7-9,11-12,14-17,27-28,30-32,40H,1-2,6,10,13,18-23H2,3H3,(H,37,42)/t27-,28-,30+,31+,32-,36+/m1/s1. The first-order valence-electron chi connectivity index (χ1n) is 16.1. The fraction of sp³-hybridized carbons (Fsp3) is 0.444. The summed E-state index contributed by atoms with van der Waals surface area (Å²) in [4.78, 5) is 58.4. The van der Waals surface area contributed by atoms with Crippen LogP contribution in [0.2, 0.25) is 0 Å². The molecule has 0 aliphatic carbocycles. The van der Waals surface area contributed by atoms with Crippen molar-refractivity contribution in [2.24, 2.45) is 11.8 Å². The molecule has 3 fully saturated rings. The normalized spacial score (nSPS) is 24.7. The summed E-state index contributed by atoms with van der Waals surface area (Å²) in [5.41, 5.74) is 0.119. The smallest absolute Gasteiger partial charge is 0.306 e. The number of fused-ring (bicyclic) bond motifs is 1. The number of aliphatic hydroxyl groups excluding tert-OH is 1. The maximum Gasteiger partial charge on any atom is 0.306 e. The Morgan fingerprint density at radius 3 is 2.55 bits per heavy atom. The van der Waals surface area contributed by atoms with Crippen molar-refractivity contribution < 1.29 is 38.5 Å². The van der Waals surface area contributed by atoms with E-state index >= 15 is 0 Å². The molecule has 2 aromatic carbocycles. The lowest BCUT2D eigenvalue weighted by Gasteiger charge is -2.36. The average molecular weight is 646 g/mol. The third-order valence-corrected chi connectivity index (χ3v) is 9.34. The maximum atomic E-state index is 14.6. The SMILES string of the molecule is C=CCCC(=O)OC[C@@H](NC(=O)[C@@H]1[C@H]2C(=O)N(CCCO)[C@H](C(=O)N(CC=C)c3ccc(OC)cc3)[C@]23CC[C@H]1O3)c1ccccc1. The van der Waals surface area contributed by atoms with Gasteiger partial charge in [0.25, 0.3) is 5.91 Å². The van der Waals surface area contributed by atoms with E-state index in [2.05, 4.69) is 18.5 Å². The number of amides is 3. The summed E-state index contributed by atoms with van der Waals surface area (Å²) in [6.45, 7) is 7.53. The molecule has 3 aliphatic heterocycles. The van der Waals surface area contributed by atoms with Crippen molar-refractivity contribution in [3.05, 3.63) is 85.5 Å². The Bertz CT molecular complexity index is 1460. The van der Waals surface area contributed by atoms with Crippen LogP contribution in [-0.2, 0) is 28.7 Å². The summed E-state index contributed by atoms with van der Waals surface area (Å²) in [6, 6.07) is 14.5. The molecule has 2 aromatic rings. The predicted molar refractivity (Wildman–Crippen MR) is 174 cm³/mol. The van der Waals surface area contributed by atoms with Crippen molar-refractivity contribution in [3.8, 4) is 5.75 Å². The number of aliphatic hydroxyl groups is 1. The second-order valence-corrected chi connectivity index (χ2v) is 12.1. The Hall–Kier alpha value is -4.48. The third kappa shape index (κ3) is 6.68. The monoisotopic (exact) mass is 645 g/mol.